The van der Waals surface area contributed by atoms with Crippen LogP contribution in [0.15, 0.2) is 59.0 Å². The minimum Gasteiger partial charge on any atom is -0.451 e. The lowest BCUT2D eigenvalue weighted by atomic mass is 10.1. The highest BCUT2D eigenvalue weighted by Gasteiger charge is 2.27. The molecule has 0 bridgehead atoms. The highest BCUT2D eigenvalue weighted by Crippen LogP contribution is 2.35. The smallest absolute Gasteiger partial charge is 0.294 e. The number of rotatable bonds is 5. The number of hydrogen-bond acceptors (Lipinski definition) is 8. The summed E-state index contributed by atoms with van der Waals surface area (Å²) in [6.07, 6.45) is 0. The summed E-state index contributed by atoms with van der Waals surface area (Å²) < 4.78 is 5.58. The number of thiocarbonyl (C=S) groups is 1. The Labute approximate surface area is 209 Å². The number of anilines is 1. The maximum Gasteiger partial charge on any atom is 0.294 e. The van der Waals surface area contributed by atoms with E-state index in [9.17, 15) is 25.0 Å². The number of hydrogen-bond donors (Lipinski definition) is 1. The molecule has 2 heterocycles. The molecular formula is C22H18ClN5O6S. The lowest BCUT2D eigenvalue weighted by molar-refractivity contribution is -0.384. The third-order valence-corrected chi connectivity index (χ3v) is 6.10. The summed E-state index contributed by atoms with van der Waals surface area (Å²) >= 11 is 11.6. The van der Waals surface area contributed by atoms with E-state index in [-0.39, 0.29) is 22.2 Å². The van der Waals surface area contributed by atoms with Crippen LogP contribution in [-0.2, 0) is 0 Å². The predicted octanol–water partition coefficient (Wildman–Crippen LogP) is 4.25. The highest BCUT2D eigenvalue weighted by atomic mass is 35.5. The second-order valence-electron chi connectivity index (χ2n) is 7.57. The zero-order valence-corrected chi connectivity index (χ0v) is 19.6. The first-order chi connectivity index (χ1) is 16.7. The number of non-ortho nitro benzene ring substituents is 1. The fraction of sp³-hybridized carbons (Fsp3) is 0.182. The second kappa shape index (κ2) is 10.1. The summed E-state index contributed by atoms with van der Waals surface area (Å²) in [4.78, 5) is 37.6. The van der Waals surface area contributed by atoms with Crippen LogP contribution >= 0.6 is 23.8 Å². The van der Waals surface area contributed by atoms with E-state index in [0.29, 0.717) is 48.2 Å². The number of nitrogens with zero attached hydrogens (tertiary/aromatic N) is 4. The van der Waals surface area contributed by atoms with Gasteiger partial charge >= 0.3 is 0 Å². The Morgan fingerprint density at radius 2 is 1.71 bits per heavy atom. The summed E-state index contributed by atoms with van der Waals surface area (Å²) in [5, 5.41) is 25.5. The molecule has 0 radical (unpaired) electrons. The fourth-order valence-electron chi connectivity index (χ4n) is 3.72. The summed E-state index contributed by atoms with van der Waals surface area (Å²) in [6, 6.07) is 13.4. The maximum atomic E-state index is 12.6. The number of piperazine rings is 1. The number of nitrogens with one attached hydrogen (secondary N) is 1. The number of furan rings is 1. The Hall–Kier alpha value is -4.03. The monoisotopic (exact) mass is 515 g/mol. The SMILES string of the molecule is O=C(NC(=S)N1CCN(c2c(Cl)cccc2[N+](=O)[O-])CC1)c1ccc(-c2cccc([N+](=O)[O-])c2)o1. The molecule has 35 heavy (non-hydrogen) atoms. The van der Waals surface area contributed by atoms with Crippen molar-refractivity contribution < 1.29 is 19.1 Å². The second-order valence-corrected chi connectivity index (χ2v) is 8.36. The Morgan fingerprint density at radius 1 is 1.00 bits per heavy atom. The summed E-state index contributed by atoms with van der Waals surface area (Å²) in [5.74, 6) is -0.255. The van der Waals surface area contributed by atoms with Crippen LogP contribution in [0.2, 0.25) is 5.02 Å². The van der Waals surface area contributed by atoms with Gasteiger partial charge < -0.3 is 14.2 Å². The molecule has 1 saturated heterocycles. The molecule has 4 rings (SSSR count). The predicted molar refractivity (Wildman–Crippen MR) is 133 cm³/mol. The minimum absolute atomic E-state index is 0.000755. The first-order valence-corrected chi connectivity index (χ1v) is 11.2. The maximum absolute atomic E-state index is 12.6. The van der Waals surface area contributed by atoms with E-state index in [1.807, 2.05) is 4.90 Å². The number of amides is 1. The molecule has 1 amide bonds. The van der Waals surface area contributed by atoms with Crippen LogP contribution in [0.1, 0.15) is 10.6 Å². The largest absolute Gasteiger partial charge is 0.451 e. The molecule has 11 nitrogen and oxygen atoms in total. The van der Waals surface area contributed by atoms with Crippen LogP contribution in [0.5, 0.6) is 0 Å². The molecule has 3 aromatic rings. The van der Waals surface area contributed by atoms with Gasteiger partial charge in [-0.1, -0.05) is 29.8 Å². The van der Waals surface area contributed by atoms with E-state index >= 15 is 0 Å². The lowest BCUT2D eigenvalue weighted by Crippen LogP contribution is -2.52. The molecule has 0 spiro atoms. The van der Waals surface area contributed by atoms with Crippen molar-refractivity contribution in [2.24, 2.45) is 0 Å². The zero-order chi connectivity index (χ0) is 25.1. The Balaban J connectivity index is 1.38. The molecule has 180 valence electrons. The van der Waals surface area contributed by atoms with Gasteiger partial charge in [-0.2, -0.15) is 0 Å². The van der Waals surface area contributed by atoms with Gasteiger partial charge in [0.1, 0.15) is 11.4 Å². The van der Waals surface area contributed by atoms with Crippen molar-refractivity contribution in [1.82, 2.24) is 10.2 Å². The number of carbonyl (C=O) groups excluding carboxylic acids is 1. The van der Waals surface area contributed by atoms with Crippen molar-refractivity contribution in [2.45, 2.75) is 0 Å². The lowest BCUT2D eigenvalue weighted by Gasteiger charge is -2.37. The van der Waals surface area contributed by atoms with Crippen LogP contribution < -0.4 is 10.2 Å². The van der Waals surface area contributed by atoms with Gasteiger partial charge in [0.05, 0.1) is 14.9 Å². The van der Waals surface area contributed by atoms with Gasteiger partial charge in [0, 0.05) is 49.9 Å². The molecule has 0 atom stereocenters. The molecule has 1 fully saturated rings. The number of para-hydroxylation sites is 1. The van der Waals surface area contributed by atoms with Gasteiger partial charge in [0.25, 0.3) is 17.3 Å². The van der Waals surface area contributed by atoms with Crippen molar-refractivity contribution in [2.75, 3.05) is 31.1 Å². The molecule has 0 unspecified atom stereocenters. The number of nitro groups is 2. The molecule has 1 aliphatic heterocycles. The van der Waals surface area contributed by atoms with Crippen molar-refractivity contribution >= 4 is 51.9 Å². The van der Waals surface area contributed by atoms with E-state index in [4.69, 9.17) is 28.2 Å². The van der Waals surface area contributed by atoms with Gasteiger partial charge in [-0.05, 0) is 30.4 Å². The summed E-state index contributed by atoms with van der Waals surface area (Å²) in [5.41, 5.74) is 0.662. The number of halogens is 1. The summed E-state index contributed by atoms with van der Waals surface area (Å²) in [7, 11) is 0. The van der Waals surface area contributed by atoms with Crippen LogP contribution in [0.25, 0.3) is 11.3 Å². The molecule has 0 saturated carbocycles. The van der Waals surface area contributed by atoms with Crippen molar-refractivity contribution in [1.29, 1.82) is 0 Å². The standard InChI is InChI=1S/C22H18ClN5O6S/c23-16-5-2-6-17(28(32)33)20(16)25-9-11-26(12-10-25)22(35)24-21(29)19-8-7-18(34-19)14-3-1-4-15(13-14)27(30)31/h1-8,13H,9-12H2,(H,24,29,35). The van der Waals surface area contributed by atoms with E-state index in [1.54, 1.807) is 23.1 Å². The molecule has 1 aliphatic rings. The van der Waals surface area contributed by atoms with E-state index in [2.05, 4.69) is 5.32 Å². The Kier molecular flexibility index (Phi) is 6.94. The van der Waals surface area contributed by atoms with Crippen LogP contribution in [0.3, 0.4) is 0 Å². The topological polar surface area (TPSA) is 135 Å². The first kappa shape index (κ1) is 24.1. The first-order valence-electron chi connectivity index (χ1n) is 10.4. The third kappa shape index (κ3) is 5.23. The van der Waals surface area contributed by atoms with Crippen molar-refractivity contribution in [3.05, 3.63) is 85.6 Å². The molecule has 2 aromatic carbocycles. The third-order valence-electron chi connectivity index (χ3n) is 5.44. The van der Waals surface area contributed by atoms with E-state index in [0.717, 1.165) is 0 Å². The van der Waals surface area contributed by atoms with Crippen molar-refractivity contribution in [3.63, 3.8) is 0 Å². The van der Waals surface area contributed by atoms with Crippen LogP contribution in [0, 0.1) is 20.2 Å². The number of benzene rings is 2. The van der Waals surface area contributed by atoms with Crippen LogP contribution in [-0.4, -0.2) is 51.9 Å². The molecular weight excluding hydrogens is 498 g/mol. The summed E-state index contributed by atoms with van der Waals surface area (Å²) in [6.45, 7) is 1.66. The average Bonchev–Trinajstić information content (AvgIpc) is 3.35. The van der Waals surface area contributed by atoms with Gasteiger partial charge in [-0.15, -0.1) is 0 Å². The van der Waals surface area contributed by atoms with Crippen LogP contribution in [0.4, 0.5) is 17.1 Å². The van der Waals surface area contributed by atoms with Gasteiger partial charge in [0.15, 0.2) is 10.9 Å². The molecule has 1 N–H and O–H groups in total. The fourth-order valence-corrected chi connectivity index (χ4v) is 4.29. The highest BCUT2D eigenvalue weighted by molar-refractivity contribution is 7.80. The average molecular weight is 516 g/mol. The normalized spacial score (nSPS) is 13.4. The molecule has 1 aromatic heterocycles. The Bertz CT molecular complexity index is 1320. The van der Waals surface area contributed by atoms with Gasteiger partial charge in [-0.3, -0.25) is 30.3 Å². The zero-order valence-electron chi connectivity index (χ0n) is 18.0. The minimum atomic E-state index is -0.559. The van der Waals surface area contributed by atoms with E-state index < -0.39 is 15.8 Å². The Morgan fingerprint density at radius 3 is 2.40 bits per heavy atom. The van der Waals surface area contributed by atoms with Gasteiger partial charge in [0.2, 0.25) is 0 Å². The van der Waals surface area contributed by atoms with Gasteiger partial charge in [-0.25, -0.2) is 0 Å². The molecule has 13 heteroatoms. The van der Waals surface area contributed by atoms with Crippen molar-refractivity contribution in [3.8, 4) is 11.3 Å². The number of carbonyl (C=O) groups is 1. The number of nitro benzene ring substituents is 2. The quantitative estimate of drug-likeness (QED) is 0.300. The molecule has 0 aliphatic carbocycles. The van der Waals surface area contributed by atoms with E-state index in [1.165, 1.54) is 36.4 Å².